The van der Waals surface area contributed by atoms with E-state index in [0.29, 0.717) is 5.01 Å². The van der Waals surface area contributed by atoms with Crippen molar-refractivity contribution in [1.82, 2.24) is 19.5 Å². The highest BCUT2D eigenvalue weighted by atomic mass is 32.1. The standard InChI is InChI=1S/C15H13F5N4O2S/c1-26-6-10-22-24-9(12(15(18,19)20)21-13(24)27-10)5-23-4-7(2-11(23)25)8-3-14(8,16)17/h2,8H,3-6H2,1H3. The largest absolute Gasteiger partial charge is 0.435 e. The van der Waals surface area contributed by atoms with E-state index in [1.165, 1.54) is 7.11 Å². The average molecular weight is 408 g/mol. The summed E-state index contributed by atoms with van der Waals surface area (Å²) >= 11 is 0.947. The van der Waals surface area contributed by atoms with E-state index in [0.717, 1.165) is 26.8 Å². The van der Waals surface area contributed by atoms with Crippen LogP contribution in [0.15, 0.2) is 11.6 Å². The average Bonchev–Trinajstić information content (AvgIpc) is 2.90. The number of amides is 1. The van der Waals surface area contributed by atoms with Crippen LogP contribution in [0.3, 0.4) is 0 Å². The van der Waals surface area contributed by atoms with Gasteiger partial charge >= 0.3 is 6.18 Å². The number of aromatic nitrogens is 3. The van der Waals surface area contributed by atoms with Crippen molar-refractivity contribution in [3.05, 3.63) is 28.0 Å². The predicted molar refractivity (Wildman–Crippen MR) is 83.1 cm³/mol. The zero-order chi connectivity index (χ0) is 19.6. The molecule has 0 bridgehead atoms. The molecule has 2 aromatic rings. The van der Waals surface area contributed by atoms with Crippen LogP contribution in [-0.2, 0) is 28.9 Å². The number of ether oxygens (including phenoxy) is 1. The molecule has 27 heavy (non-hydrogen) atoms. The fourth-order valence-electron chi connectivity index (χ4n) is 3.12. The number of carbonyl (C=O) groups excluding carboxylic acids is 1. The van der Waals surface area contributed by atoms with Crippen LogP contribution in [0.2, 0.25) is 0 Å². The summed E-state index contributed by atoms with van der Waals surface area (Å²) in [6.45, 7) is -0.443. The maximum Gasteiger partial charge on any atom is 0.435 e. The van der Waals surface area contributed by atoms with Gasteiger partial charge in [-0.25, -0.2) is 18.3 Å². The second-order valence-electron chi connectivity index (χ2n) is 6.46. The molecule has 1 fully saturated rings. The maximum absolute atomic E-state index is 13.4. The lowest BCUT2D eigenvalue weighted by Gasteiger charge is -2.17. The molecule has 1 unspecified atom stereocenters. The summed E-state index contributed by atoms with van der Waals surface area (Å²) in [4.78, 5) is 16.8. The van der Waals surface area contributed by atoms with Gasteiger partial charge in [0.05, 0.1) is 24.8 Å². The lowest BCUT2D eigenvalue weighted by molar-refractivity contribution is -0.142. The summed E-state index contributed by atoms with van der Waals surface area (Å²) in [6.07, 6.45) is -3.97. The normalized spacial score (nSPS) is 22.0. The first kappa shape index (κ1) is 18.3. The van der Waals surface area contributed by atoms with Crippen LogP contribution in [-0.4, -0.2) is 45.0 Å². The third-order valence-corrected chi connectivity index (χ3v) is 5.36. The lowest BCUT2D eigenvalue weighted by atomic mass is 10.2. The maximum atomic E-state index is 13.4. The van der Waals surface area contributed by atoms with E-state index in [2.05, 4.69) is 10.1 Å². The summed E-state index contributed by atoms with van der Waals surface area (Å²) < 4.78 is 72.5. The molecule has 6 nitrogen and oxygen atoms in total. The van der Waals surface area contributed by atoms with Crippen molar-refractivity contribution in [3.8, 4) is 0 Å². The number of hydrogen-bond acceptors (Lipinski definition) is 5. The van der Waals surface area contributed by atoms with Crippen molar-refractivity contribution in [2.45, 2.75) is 31.7 Å². The van der Waals surface area contributed by atoms with Gasteiger partial charge in [0.15, 0.2) is 5.69 Å². The zero-order valence-corrected chi connectivity index (χ0v) is 14.7. The Balaban J connectivity index is 1.63. The highest BCUT2D eigenvalue weighted by Gasteiger charge is 2.59. The van der Waals surface area contributed by atoms with Gasteiger partial charge in [-0.15, -0.1) is 0 Å². The number of hydrogen-bond donors (Lipinski definition) is 0. The molecule has 1 saturated carbocycles. The number of nitrogens with zero attached hydrogens (tertiary/aromatic N) is 4. The summed E-state index contributed by atoms with van der Waals surface area (Å²) in [5.41, 5.74) is -1.19. The van der Waals surface area contributed by atoms with E-state index in [9.17, 15) is 26.7 Å². The molecule has 0 aromatic carbocycles. The molecule has 0 saturated heterocycles. The van der Waals surface area contributed by atoms with Crippen LogP contribution in [0.5, 0.6) is 0 Å². The van der Waals surface area contributed by atoms with E-state index in [4.69, 9.17) is 4.74 Å². The Morgan fingerprint density at radius 3 is 2.70 bits per heavy atom. The van der Waals surface area contributed by atoms with Crippen molar-refractivity contribution in [1.29, 1.82) is 0 Å². The Hall–Kier alpha value is -2.08. The number of imidazole rings is 1. The number of fused-ring (bicyclic) bond motifs is 1. The van der Waals surface area contributed by atoms with Crippen LogP contribution in [0.1, 0.15) is 22.8 Å². The van der Waals surface area contributed by atoms with Crippen molar-refractivity contribution in [3.63, 3.8) is 0 Å². The Morgan fingerprint density at radius 1 is 1.41 bits per heavy atom. The molecule has 12 heteroatoms. The first-order valence-corrected chi connectivity index (χ1v) is 8.72. The fourth-order valence-corrected chi connectivity index (χ4v) is 4.00. The molecular formula is C15H13F5N4O2S. The summed E-state index contributed by atoms with van der Waals surface area (Å²) in [5, 5.41) is 4.50. The summed E-state index contributed by atoms with van der Waals surface area (Å²) in [5.74, 6) is -4.44. The van der Waals surface area contributed by atoms with Gasteiger partial charge in [-0.2, -0.15) is 18.3 Å². The molecule has 1 aliphatic heterocycles. The highest BCUT2D eigenvalue weighted by Crippen LogP contribution is 2.53. The molecule has 2 aromatic heterocycles. The monoisotopic (exact) mass is 408 g/mol. The van der Waals surface area contributed by atoms with Crippen LogP contribution >= 0.6 is 11.3 Å². The first-order valence-electron chi connectivity index (χ1n) is 7.91. The fraction of sp³-hybridized carbons (Fsp3) is 0.533. The van der Waals surface area contributed by atoms with E-state index < -0.39 is 36.2 Å². The number of halogens is 5. The van der Waals surface area contributed by atoms with Gasteiger partial charge in [-0.1, -0.05) is 11.3 Å². The van der Waals surface area contributed by atoms with Crippen LogP contribution in [0.25, 0.3) is 4.96 Å². The third kappa shape index (κ3) is 3.20. The van der Waals surface area contributed by atoms with Gasteiger partial charge < -0.3 is 9.64 Å². The Morgan fingerprint density at radius 2 is 2.11 bits per heavy atom. The van der Waals surface area contributed by atoms with Gasteiger partial charge in [-0.05, 0) is 5.57 Å². The molecule has 146 valence electrons. The number of carbonyl (C=O) groups is 1. The van der Waals surface area contributed by atoms with Crippen molar-refractivity contribution < 1.29 is 31.5 Å². The zero-order valence-electron chi connectivity index (χ0n) is 13.9. The second kappa shape index (κ2) is 5.96. The number of methoxy groups -OCH3 is 1. The van der Waals surface area contributed by atoms with Crippen molar-refractivity contribution in [2.24, 2.45) is 5.92 Å². The molecular weight excluding hydrogens is 395 g/mol. The molecule has 3 heterocycles. The van der Waals surface area contributed by atoms with E-state index in [1.807, 2.05) is 0 Å². The minimum atomic E-state index is -4.73. The Bertz CT molecular complexity index is 948. The summed E-state index contributed by atoms with van der Waals surface area (Å²) in [6, 6.07) is 0. The van der Waals surface area contributed by atoms with E-state index in [-0.39, 0.29) is 35.8 Å². The molecule has 0 spiro atoms. The van der Waals surface area contributed by atoms with E-state index in [1.54, 1.807) is 0 Å². The third-order valence-electron chi connectivity index (χ3n) is 4.48. The number of rotatable bonds is 5. The minimum Gasteiger partial charge on any atom is -0.377 e. The van der Waals surface area contributed by atoms with Gasteiger partial charge in [0, 0.05) is 26.2 Å². The molecule has 0 N–H and O–H groups in total. The van der Waals surface area contributed by atoms with Crippen LogP contribution < -0.4 is 0 Å². The summed E-state index contributed by atoms with van der Waals surface area (Å²) in [7, 11) is 1.43. The van der Waals surface area contributed by atoms with Gasteiger partial charge in [0.25, 0.3) is 5.92 Å². The lowest BCUT2D eigenvalue weighted by Crippen LogP contribution is -2.28. The quantitative estimate of drug-likeness (QED) is 0.714. The molecule has 1 atom stereocenters. The molecule has 1 aliphatic carbocycles. The van der Waals surface area contributed by atoms with Gasteiger partial charge in [0.1, 0.15) is 5.01 Å². The smallest absolute Gasteiger partial charge is 0.377 e. The molecule has 1 amide bonds. The minimum absolute atomic E-state index is 0.0259. The number of alkyl halides is 5. The topological polar surface area (TPSA) is 59.7 Å². The highest BCUT2D eigenvalue weighted by molar-refractivity contribution is 7.16. The SMILES string of the molecule is COCc1nn2c(CN3CC(C4CC4(F)F)=CC3=O)c(C(F)(F)F)nc2s1. The van der Waals surface area contributed by atoms with Gasteiger partial charge in [-0.3, -0.25) is 4.79 Å². The second-order valence-corrected chi connectivity index (χ2v) is 7.50. The molecule has 0 radical (unpaired) electrons. The Kier molecular flexibility index (Phi) is 4.04. The van der Waals surface area contributed by atoms with Gasteiger partial charge in [0.2, 0.25) is 10.9 Å². The first-order chi connectivity index (χ1) is 12.6. The Labute approximate surface area is 153 Å². The van der Waals surface area contributed by atoms with Crippen molar-refractivity contribution in [2.75, 3.05) is 13.7 Å². The van der Waals surface area contributed by atoms with Crippen molar-refractivity contribution >= 4 is 22.2 Å². The van der Waals surface area contributed by atoms with E-state index >= 15 is 0 Å². The molecule has 2 aliphatic rings. The van der Waals surface area contributed by atoms with Crippen LogP contribution in [0, 0.1) is 5.92 Å². The predicted octanol–water partition coefficient (Wildman–Crippen LogP) is 2.88. The molecule has 4 rings (SSSR count). The van der Waals surface area contributed by atoms with Crippen LogP contribution in [0.4, 0.5) is 22.0 Å².